The molecule has 0 saturated heterocycles. The minimum absolute atomic E-state index is 0.0483. The number of aliphatic carboxylic acids is 1. The molecule has 1 aliphatic rings. The molecule has 2 atom stereocenters. The smallest absolute Gasteiger partial charge is 0.422 e. The van der Waals surface area contributed by atoms with Crippen molar-refractivity contribution >= 4 is 18.0 Å². The zero-order valence-corrected chi connectivity index (χ0v) is 17.9. The lowest BCUT2D eigenvalue weighted by Gasteiger charge is -2.30. The molecule has 0 aliphatic heterocycles. The van der Waals surface area contributed by atoms with Gasteiger partial charge in [0, 0.05) is 5.92 Å². The Morgan fingerprint density at radius 2 is 1.55 bits per heavy atom. The van der Waals surface area contributed by atoms with E-state index >= 15 is 0 Å². The van der Waals surface area contributed by atoms with Gasteiger partial charge in [0.2, 0.25) is 11.4 Å². The third-order valence-corrected chi connectivity index (χ3v) is 5.73. The van der Waals surface area contributed by atoms with Crippen LogP contribution in [0.3, 0.4) is 0 Å². The van der Waals surface area contributed by atoms with E-state index in [1.54, 1.807) is 0 Å². The van der Waals surface area contributed by atoms with Gasteiger partial charge in [0.25, 0.3) is 0 Å². The van der Waals surface area contributed by atoms with Gasteiger partial charge in [-0.15, -0.1) is 0 Å². The quantitative estimate of drug-likeness (QED) is 0.578. The summed E-state index contributed by atoms with van der Waals surface area (Å²) < 4.78 is 44.8. The molecule has 7 nitrogen and oxygen atoms in total. The van der Waals surface area contributed by atoms with Crippen LogP contribution in [0.4, 0.5) is 18.0 Å². The molecular weight excluding hydrogens is 441 g/mol. The number of carbonyl (C=O) groups excluding carboxylic acids is 2. The third kappa shape index (κ3) is 4.64. The third-order valence-electron chi connectivity index (χ3n) is 5.73. The zero-order chi connectivity index (χ0) is 24.4. The predicted octanol–water partition coefficient (Wildman–Crippen LogP) is 3.83. The summed E-state index contributed by atoms with van der Waals surface area (Å²) in [6.45, 7) is 1.75. The molecule has 0 spiro atoms. The van der Waals surface area contributed by atoms with Gasteiger partial charge in [-0.05, 0) is 35.6 Å². The molecule has 0 aromatic heterocycles. The maximum Gasteiger partial charge on any atom is 0.422 e. The second-order valence-electron chi connectivity index (χ2n) is 7.85. The number of nitrogens with one attached hydrogen (secondary N) is 2. The Kier molecular flexibility index (Phi) is 6.66. The number of amides is 2. The summed E-state index contributed by atoms with van der Waals surface area (Å²) in [6, 6.07) is 13.9. The van der Waals surface area contributed by atoms with E-state index in [2.05, 4.69) is 5.32 Å². The summed E-state index contributed by atoms with van der Waals surface area (Å²) in [5, 5.41) is 12.7. The monoisotopic (exact) mass is 464 g/mol. The summed E-state index contributed by atoms with van der Waals surface area (Å²) in [4.78, 5) is 35.8. The molecule has 3 rings (SSSR count). The highest BCUT2D eigenvalue weighted by Crippen LogP contribution is 2.44. The number of alkyl halides is 3. The summed E-state index contributed by atoms with van der Waals surface area (Å²) in [7, 11) is 0. The fraction of sp³-hybridized carbons (Fsp3) is 0.348. The van der Waals surface area contributed by atoms with Crippen molar-refractivity contribution in [3.05, 3.63) is 59.7 Å². The van der Waals surface area contributed by atoms with Crippen molar-refractivity contribution in [2.75, 3.05) is 6.61 Å². The average molecular weight is 464 g/mol. The molecule has 2 amide bonds. The largest absolute Gasteiger partial charge is 0.479 e. The molecule has 0 fully saturated rings. The summed E-state index contributed by atoms with van der Waals surface area (Å²) >= 11 is 0. The van der Waals surface area contributed by atoms with Crippen LogP contribution < -0.4 is 10.6 Å². The zero-order valence-electron chi connectivity index (χ0n) is 17.9. The Labute approximate surface area is 187 Å². The van der Waals surface area contributed by atoms with Crippen molar-refractivity contribution in [1.82, 2.24) is 10.6 Å². The maximum absolute atomic E-state index is 13.2. The molecule has 0 saturated carbocycles. The Balaban J connectivity index is 1.67. The van der Waals surface area contributed by atoms with E-state index in [1.807, 2.05) is 48.5 Å². The first-order chi connectivity index (χ1) is 15.5. The van der Waals surface area contributed by atoms with Gasteiger partial charge in [0.15, 0.2) is 0 Å². The van der Waals surface area contributed by atoms with Crippen LogP contribution in [-0.4, -0.2) is 47.4 Å². The molecule has 10 heteroatoms. The molecule has 1 aliphatic carbocycles. The number of hydrogen-bond acceptors (Lipinski definition) is 4. The number of carboxylic acids is 1. The van der Waals surface area contributed by atoms with Crippen molar-refractivity contribution in [3.8, 4) is 11.1 Å². The number of rotatable bonds is 7. The lowest BCUT2D eigenvalue weighted by molar-refractivity contribution is -0.207. The molecular formula is C23H23F3N2O5. The normalized spacial score (nSPS) is 15.5. The van der Waals surface area contributed by atoms with Crippen LogP contribution in [-0.2, 0) is 14.3 Å². The van der Waals surface area contributed by atoms with Gasteiger partial charge in [-0.3, -0.25) is 4.79 Å². The molecule has 0 heterocycles. The molecule has 0 radical (unpaired) electrons. The van der Waals surface area contributed by atoms with E-state index < -0.39 is 35.7 Å². The first kappa shape index (κ1) is 24.1. The second-order valence-corrected chi connectivity index (χ2v) is 7.85. The molecule has 2 aromatic rings. The van der Waals surface area contributed by atoms with Gasteiger partial charge >= 0.3 is 18.2 Å². The number of carboxylic acid groups (broad SMARTS) is 1. The number of benzene rings is 2. The molecule has 1 unspecified atom stereocenters. The predicted molar refractivity (Wildman–Crippen MR) is 113 cm³/mol. The van der Waals surface area contributed by atoms with Gasteiger partial charge in [0.05, 0.1) is 0 Å². The van der Waals surface area contributed by atoms with E-state index in [9.17, 15) is 27.6 Å². The first-order valence-electron chi connectivity index (χ1n) is 10.2. The van der Waals surface area contributed by atoms with E-state index in [-0.39, 0.29) is 18.9 Å². The topological polar surface area (TPSA) is 105 Å². The lowest BCUT2D eigenvalue weighted by atomic mass is 9.98. The molecule has 2 aromatic carbocycles. The van der Waals surface area contributed by atoms with Gasteiger partial charge < -0.3 is 20.5 Å². The van der Waals surface area contributed by atoms with Crippen molar-refractivity contribution in [1.29, 1.82) is 0 Å². The number of halogens is 3. The minimum Gasteiger partial charge on any atom is -0.479 e. The standard InChI is InChI=1S/C23H23F3N2O5/c1-3-18(19(29)28-22(2,20(30)31)23(24,25)26)27-21(32)33-12-17-15-10-6-4-8-13(15)14-9-5-7-11-16(14)17/h4-11,17-18H,3,12H2,1-2H3,(H,27,32)(H,28,29)(H,30,31)/t18-,22?/m0/s1. The summed E-state index contributed by atoms with van der Waals surface area (Å²) in [5.74, 6) is -3.79. The van der Waals surface area contributed by atoms with E-state index in [4.69, 9.17) is 9.84 Å². The van der Waals surface area contributed by atoms with Gasteiger partial charge in [-0.25, -0.2) is 9.59 Å². The van der Waals surface area contributed by atoms with Gasteiger partial charge in [-0.2, -0.15) is 13.2 Å². The molecule has 33 heavy (non-hydrogen) atoms. The summed E-state index contributed by atoms with van der Waals surface area (Å²) in [5.41, 5.74) is 0.485. The maximum atomic E-state index is 13.2. The van der Waals surface area contributed by atoms with Crippen molar-refractivity contribution in [2.45, 2.75) is 43.9 Å². The molecule has 176 valence electrons. The number of hydrogen-bond donors (Lipinski definition) is 3. The van der Waals surface area contributed by atoms with E-state index in [1.165, 1.54) is 12.2 Å². The van der Waals surface area contributed by atoms with E-state index in [0.29, 0.717) is 6.92 Å². The Morgan fingerprint density at radius 3 is 2.00 bits per heavy atom. The number of alkyl carbamates (subject to hydrolysis) is 1. The fourth-order valence-electron chi connectivity index (χ4n) is 3.71. The van der Waals surface area contributed by atoms with Crippen LogP contribution >= 0.6 is 0 Å². The highest BCUT2D eigenvalue weighted by atomic mass is 19.4. The minimum atomic E-state index is -5.24. The Morgan fingerprint density at radius 1 is 1.03 bits per heavy atom. The van der Waals surface area contributed by atoms with Crippen LogP contribution in [0.15, 0.2) is 48.5 Å². The molecule has 0 bridgehead atoms. The Bertz CT molecular complexity index is 1030. The molecule has 3 N–H and O–H groups in total. The lowest BCUT2D eigenvalue weighted by Crippen LogP contribution is -2.64. The second kappa shape index (κ2) is 9.13. The highest BCUT2D eigenvalue weighted by Gasteiger charge is 2.58. The highest BCUT2D eigenvalue weighted by molar-refractivity contribution is 5.91. The number of carbonyl (C=O) groups is 3. The van der Waals surface area contributed by atoms with Crippen LogP contribution in [0.5, 0.6) is 0 Å². The number of ether oxygens (including phenoxy) is 1. The first-order valence-corrected chi connectivity index (χ1v) is 10.2. The van der Waals surface area contributed by atoms with Gasteiger partial charge in [-0.1, -0.05) is 55.5 Å². The van der Waals surface area contributed by atoms with Crippen molar-refractivity contribution in [2.24, 2.45) is 0 Å². The van der Waals surface area contributed by atoms with Crippen LogP contribution in [0.25, 0.3) is 11.1 Å². The fourth-order valence-corrected chi connectivity index (χ4v) is 3.71. The van der Waals surface area contributed by atoms with Crippen LogP contribution in [0.1, 0.15) is 37.3 Å². The average Bonchev–Trinajstić information content (AvgIpc) is 3.08. The van der Waals surface area contributed by atoms with Crippen molar-refractivity contribution < 1.29 is 37.4 Å². The van der Waals surface area contributed by atoms with Crippen LogP contribution in [0.2, 0.25) is 0 Å². The number of fused-ring (bicyclic) bond motifs is 3. The van der Waals surface area contributed by atoms with Crippen molar-refractivity contribution in [3.63, 3.8) is 0 Å². The van der Waals surface area contributed by atoms with Gasteiger partial charge in [0.1, 0.15) is 12.6 Å². The SMILES string of the molecule is CC[C@H](NC(=O)OCC1c2ccccc2-c2ccccc21)C(=O)NC(C)(C(=O)O)C(F)(F)F. The van der Waals surface area contributed by atoms with E-state index in [0.717, 1.165) is 22.3 Å². The summed E-state index contributed by atoms with van der Waals surface area (Å²) in [6.07, 6.45) is -6.32. The Hall–Kier alpha value is -3.56. The van der Waals surface area contributed by atoms with Crippen LogP contribution in [0, 0.1) is 0 Å².